The first kappa shape index (κ1) is 13.6. The fourth-order valence-electron chi connectivity index (χ4n) is 2.12. The zero-order chi connectivity index (χ0) is 13.7. The molecule has 1 N–H and O–H groups in total. The van der Waals surface area contributed by atoms with Crippen LogP contribution in [0.1, 0.15) is 17.2 Å². The molecule has 1 unspecified atom stereocenters. The average molecular weight is 259 g/mol. The van der Waals surface area contributed by atoms with Crippen molar-refractivity contribution in [3.8, 4) is 5.75 Å². The topological polar surface area (TPSA) is 21.3 Å². The monoisotopic (exact) mass is 259 g/mol. The van der Waals surface area contributed by atoms with Crippen molar-refractivity contribution in [1.29, 1.82) is 0 Å². The van der Waals surface area contributed by atoms with Crippen LogP contribution in [0.25, 0.3) is 0 Å². The van der Waals surface area contributed by atoms with Crippen LogP contribution in [-0.4, -0.2) is 14.2 Å². The number of nitrogens with one attached hydrogen (secondary N) is 1. The highest BCUT2D eigenvalue weighted by molar-refractivity contribution is 5.30. The summed E-state index contributed by atoms with van der Waals surface area (Å²) in [6, 6.07) is 14.8. The third kappa shape index (κ3) is 3.55. The Hall–Kier alpha value is -1.87. The van der Waals surface area contributed by atoms with Crippen LogP contribution in [-0.2, 0) is 6.42 Å². The molecule has 0 heterocycles. The minimum atomic E-state index is -0.208. The molecule has 1 atom stereocenters. The van der Waals surface area contributed by atoms with Gasteiger partial charge >= 0.3 is 0 Å². The summed E-state index contributed by atoms with van der Waals surface area (Å²) in [5, 5.41) is 3.26. The molecule has 0 saturated carbocycles. The van der Waals surface area contributed by atoms with Gasteiger partial charge in [0.25, 0.3) is 0 Å². The maximum atomic E-state index is 12.9. The number of hydrogen-bond acceptors (Lipinski definition) is 2. The van der Waals surface area contributed by atoms with Crippen molar-refractivity contribution in [2.45, 2.75) is 12.5 Å². The van der Waals surface area contributed by atoms with Crippen LogP contribution in [0.5, 0.6) is 5.75 Å². The minimum absolute atomic E-state index is 0.160. The summed E-state index contributed by atoms with van der Waals surface area (Å²) >= 11 is 0. The lowest BCUT2D eigenvalue weighted by Gasteiger charge is -2.17. The van der Waals surface area contributed by atoms with Crippen LogP contribution in [0.4, 0.5) is 4.39 Å². The van der Waals surface area contributed by atoms with Crippen LogP contribution < -0.4 is 10.1 Å². The molecular formula is C16H18FNO. The summed E-state index contributed by atoms with van der Waals surface area (Å²) < 4.78 is 18.2. The Kier molecular flexibility index (Phi) is 4.53. The molecule has 2 rings (SSSR count). The Morgan fingerprint density at radius 3 is 2.53 bits per heavy atom. The van der Waals surface area contributed by atoms with Crippen molar-refractivity contribution in [1.82, 2.24) is 5.32 Å². The molecule has 0 fully saturated rings. The first-order valence-electron chi connectivity index (χ1n) is 6.28. The van der Waals surface area contributed by atoms with Gasteiger partial charge in [-0.15, -0.1) is 0 Å². The van der Waals surface area contributed by atoms with E-state index in [1.807, 2.05) is 37.4 Å². The molecule has 0 amide bonds. The maximum absolute atomic E-state index is 12.9. The molecular weight excluding hydrogens is 241 g/mol. The fourth-order valence-corrected chi connectivity index (χ4v) is 2.12. The molecule has 0 aromatic heterocycles. The molecule has 2 aromatic rings. The molecule has 0 spiro atoms. The molecule has 0 radical (unpaired) electrons. The van der Waals surface area contributed by atoms with Gasteiger partial charge in [0.2, 0.25) is 0 Å². The van der Waals surface area contributed by atoms with E-state index in [-0.39, 0.29) is 11.9 Å². The van der Waals surface area contributed by atoms with Crippen molar-refractivity contribution in [2.75, 3.05) is 14.2 Å². The highest BCUT2D eigenvalue weighted by atomic mass is 19.1. The van der Waals surface area contributed by atoms with Crippen LogP contribution in [0, 0.1) is 5.82 Å². The van der Waals surface area contributed by atoms with E-state index in [1.165, 1.54) is 17.7 Å². The van der Waals surface area contributed by atoms with Crippen LogP contribution in [0.2, 0.25) is 0 Å². The summed E-state index contributed by atoms with van der Waals surface area (Å²) in [6.45, 7) is 0. The molecule has 100 valence electrons. The predicted octanol–water partition coefficient (Wildman–Crippen LogP) is 3.34. The first-order chi connectivity index (χ1) is 9.22. The van der Waals surface area contributed by atoms with Gasteiger partial charge in [-0.05, 0) is 48.9 Å². The highest BCUT2D eigenvalue weighted by Crippen LogP contribution is 2.21. The number of likely N-dealkylation sites (N-methyl/N-ethyl adjacent to an activating group) is 1. The molecule has 0 aliphatic heterocycles. The van der Waals surface area contributed by atoms with E-state index in [0.717, 1.165) is 17.7 Å². The molecule has 0 saturated heterocycles. The van der Waals surface area contributed by atoms with E-state index < -0.39 is 0 Å². The number of rotatable bonds is 5. The van der Waals surface area contributed by atoms with Gasteiger partial charge in [-0.2, -0.15) is 0 Å². The zero-order valence-electron chi connectivity index (χ0n) is 11.2. The molecule has 0 aliphatic carbocycles. The normalized spacial score (nSPS) is 12.2. The second kappa shape index (κ2) is 6.34. The average Bonchev–Trinajstić information content (AvgIpc) is 2.46. The van der Waals surface area contributed by atoms with Crippen LogP contribution in [0.3, 0.4) is 0 Å². The molecule has 19 heavy (non-hydrogen) atoms. The van der Waals surface area contributed by atoms with Crippen molar-refractivity contribution in [2.24, 2.45) is 0 Å². The van der Waals surface area contributed by atoms with Gasteiger partial charge in [-0.25, -0.2) is 4.39 Å². The second-order valence-corrected chi connectivity index (χ2v) is 4.45. The number of halogens is 1. The van der Waals surface area contributed by atoms with Crippen LogP contribution in [0.15, 0.2) is 48.5 Å². The van der Waals surface area contributed by atoms with Crippen LogP contribution >= 0.6 is 0 Å². The molecule has 3 heteroatoms. The summed E-state index contributed by atoms with van der Waals surface area (Å²) in [4.78, 5) is 0. The van der Waals surface area contributed by atoms with Gasteiger partial charge in [0.1, 0.15) is 11.6 Å². The van der Waals surface area contributed by atoms with E-state index in [2.05, 4.69) is 11.4 Å². The van der Waals surface area contributed by atoms with E-state index >= 15 is 0 Å². The standard InChI is InChI=1S/C16H18FNO/c1-18-16(13-6-8-14(17)9-7-13)11-12-4-3-5-15(10-12)19-2/h3-10,16,18H,11H2,1-2H3. The lowest BCUT2D eigenvalue weighted by Crippen LogP contribution is -2.18. The van der Waals surface area contributed by atoms with Gasteiger partial charge in [0, 0.05) is 6.04 Å². The van der Waals surface area contributed by atoms with Gasteiger partial charge in [0.05, 0.1) is 7.11 Å². The first-order valence-corrected chi connectivity index (χ1v) is 6.28. The van der Waals surface area contributed by atoms with Gasteiger partial charge in [-0.3, -0.25) is 0 Å². The molecule has 2 nitrogen and oxygen atoms in total. The lowest BCUT2D eigenvalue weighted by atomic mass is 9.99. The SMILES string of the molecule is CNC(Cc1cccc(OC)c1)c1ccc(F)cc1. The van der Waals surface area contributed by atoms with Crippen molar-refractivity contribution >= 4 is 0 Å². The predicted molar refractivity (Wildman–Crippen MR) is 74.9 cm³/mol. The summed E-state index contributed by atoms with van der Waals surface area (Å²) in [5.74, 6) is 0.645. The number of hydrogen-bond donors (Lipinski definition) is 1. The van der Waals surface area contributed by atoms with Crippen molar-refractivity contribution in [3.05, 3.63) is 65.5 Å². The fraction of sp³-hybridized carbons (Fsp3) is 0.250. The number of methoxy groups -OCH3 is 1. The Labute approximate surface area is 113 Å². The highest BCUT2D eigenvalue weighted by Gasteiger charge is 2.10. The third-order valence-electron chi connectivity index (χ3n) is 3.19. The second-order valence-electron chi connectivity index (χ2n) is 4.45. The Bertz CT molecular complexity index is 525. The van der Waals surface area contributed by atoms with E-state index in [0.29, 0.717) is 0 Å². The Balaban J connectivity index is 2.16. The molecule has 0 aliphatic rings. The quantitative estimate of drug-likeness (QED) is 0.889. The van der Waals surface area contributed by atoms with E-state index in [1.54, 1.807) is 7.11 Å². The smallest absolute Gasteiger partial charge is 0.123 e. The lowest BCUT2D eigenvalue weighted by molar-refractivity contribution is 0.414. The van der Waals surface area contributed by atoms with Gasteiger partial charge < -0.3 is 10.1 Å². The minimum Gasteiger partial charge on any atom is -0.497 e. The van der Waals surface area contributed by atoms with Crippen molar-refractivity contribution < 1.29 is 9.13 Å². The van der Waals surface area contributed by atoms with E-state index in [9.17, 15) is 4.39 Å². The Morgan fingerprint density at radius 1 is 1.16 bits per heavy atom. The maximum Gasteiger partial charge on any atom is 0.123 e. The largest absolute Gasteiger partial charge is 0.497 e. The van der Waals surface area contributed by atoms with Crippen molar-refractivity contribution in [3.63, 3.8) is 0 Å². The number of benzene rings is 2. The summed E-state index contributed by atoms with van der Waals surface area (Å²) in [6.07, 6.45) is 0.833. The third-order valence-corrected chi connectivity index (χ3v) is 3.19. The van der Waals surface area contributed by atoms with Gasteiger partial charge in [-0.1, -0.05) is 24.3 Å². The Morgan fingerprint density at radius 2 is 1.89 bits per heavy atom. The number of ether oxygens (including phenoxy) is 1. The summed E-state index contributed by atoms with van der Waals surface area (Å²) in [5.41, 5.74) is 2.26. The van der Waals surface area contributed by atoms with E-state index in [4.69, 9.17) is 4.74 Å². The zero-order valence-corrected chi connectivity index (χ0v) is 11.2. The molecule has 2 aromatic carbocycles. The molecule has 0 bridgehead atoms. The van der Waals surface area contributed by atoms with Gasteiger partial charge in [0.15, 0.2) is 0 Å². The summed E-state index contributed by atoms with van der Waals surface area (Å²) in [7, 11) is 3.57.